The maximum Gasteiger partial charge on any atom is 0.0265 e. The third-order valence-corrected chi connectivity index (χ3v) is 1.61. The first-order chi connectivity index (χ1) is 4.11. The fourth-order valence-electron chi connectivity index (χ4n) is 0.846. The smallest absolute Gasteiger partial charge is 0.0265 e. The topological polar surface area (TPSA) is 12.4 Å². The largest absolute Gasteiger partial charge is 0.269 e. The summed E-state index contributed by atoms with van der Waals surface area (Å²) in [6.07, 6.45) is 4.98. The van der Waals surface area contributed by atoms with E-state index in [0.29, 0.717) is 5.41 Å². The highest BCUT2D eigenvalue weighted by Gasteiger charge is 2.17. The van der Waals surface area contributed by atoms with Crippen molar-refractivity contribution in [1.29, 1.82) is 0 Å². The molecular weight excluding hydrogens is 110 g/mol. The highest BCUT2D eigenvalue weighted by atomic mass is 14.7. The molecule has 0 spiro atoms. The van der Waals surface area contributed by atoms with Crippen LogP contribution in [0, 0.1) is 5.41 Å². The lowest BCUT2D eigenvalue weighted by molar-refractivity contribution is 0.499. The number of allylic oxidation sites excluding steroid dienone is 1. The van der Waals surface area contributed by atoms with Crippen LogP contribution in [-0.4, -0.2) is 6.21 Å². The number of hydrogen-bond acceptors (Lipinski definition) is 1. The van der Waals surface area contributed by atoms with Gasteiger partial charge in [0, 0.05) is 18.8 Å². The second-order valence-corrected chi connectivity index (χ2v) is 3.44. The summed E-state index contributed by atoms with van der Waals surface area (Å²) in [7, 11) is 0. The Balaban J connectivity index is 2.66. The summed E-state index contributed by atoms with van der Waals surface area (Å²) in [6.45, 7) is 6.65. The van der Waals surface area contributed by atoms with E-state index in [9.17, 15) is 0 Å². The van der Waals surface area contributed by atoms with Gasteiger partial charge in [-0.15, -0.1) is 0 Å². The molecule has 0 atom stereocenters. The minimum absolute atomic E-state index is 0.316. The average Bonchev–Trinajstić information content (AvgIpc) is 2.08. The number of hydrogen-bond donors (Lipinski definition) is 0. The summed E-state index contributed by atoms with van der Waals surface area (Å²) in [5.74, 6) is 0. The monoisotopic (exact) mass is 123 g/mol. The fraction of sp³-hybridized carbons (Fsp3) is 0.625. The Labute approximate surface area is 56.5 Å². The van der Waals surface area contributed by atoms with E-state index in [1.54, 1.807) is 0 Å². The molecule has 0 aromatic heterocycles. The van der Waals surface area contributed by atoms with Crippen LogP contribution < -0.4 is 0 Å². The predicted octanol–water partition coefficient (Wildman–Crippen LogP) is 2.39. The summed E-state index contributed by atoms with van der Waals surface area (Å²) in [4.78, 5) is 4.04. The van der Waals surface area contributed by atoms with Crippen LogP contribution in [0.3, 0.4) is 0 Å². The van der Waals surface area contributed by atoms with Crippen LogP contribution in [0.15, 0.2) is 16.8 Å². The van der Waals surface area contributed by atoms with E-state index in [1.807, 2.05) is 12.4 Å². The number of nitrogens with zero attached hydrogens (tertiary/aromatic N) is 1. The van der Waals surface area contributed by atoms with Gasteiger partial charge in [-0.1, -0.05) is 20.8 Å². The SMILES string of the molecule is CC(C)(C)C1=CN=CC1. The van der Waals surface area contributed by atoms with Crippen molar-refractivity contribution in [3.05, 3.63) is 11.8 Å². The predicted molar refractivity (Wildman–Crippen MR) is 40.6 cm³/mol. The summed E-state index contributed by atoms with van der Waals surface area (Å²) in [5.41, 5.74) is 1.75. The van der Waals surface area contributed by atoms with Gasteiger partial charge >= 0.3 is 0 Å². The molecule has 0 radical (unpaired) electrons. The van der Waals surface area contributed by atoms with Crippen molar-refractivity contribution < 1.29 is 0 Å². The van der Waals surface area contributed by atoms with Crippen LogP contribution in [-0.2, 0) is 0 Å². The molecule has 1 aliphatic heterocycles. The van der Waals surface area contributed by atoms with E-state index in [-0.39, 0.29) is 0 Å². The van der Waals surface area contributed by atoms with Crippen molar-refractivity contribution in [2.24, 2.45) is 10.4 Å². The molecule has 0 fully saturated rings. The molecule has 0 N–H and O–H groups in total. The van der Waals surface area contributed by atoms with Crippen LogP contribution >= 0.6 is 0 Å². The van der Waals surface area contributed by atoms with Gasteiger partial charge in [0.2, 0.25) is 0 Å². The van der Waals surface area contributed by atoms with Gasteiger partial charge in [0.1, 0.15) is 0 Å². The maximum absolute atomic E-state index is 4.04. The van der Waals surface area contributed by atoms with Crippen molar-refractivity contribution in [2.75, 3.05) is 0 Å². The van der Waals surface area contributed by atoms with E-state index in [0.717, 1.165) is 6.42 Å². The van der Waals surface area contributed by atoms with Gasteiger partial charge in [0.15, 0.2) is 0 Å². The molecule has 9 heavy (non-hydrogen) atoms. The Hall–Kier alpha value is -0.590. The van der Waals surface area contributed by atoms with Crippen LogP contribution in [0.4, 0.5) is 0 Å². The molecule has 0 aromatic rings. The van der Waals surface area contributed by atoms with Crippen molar-refractivity contribution in [3.63, 3.8) is 0 Å². The number of rotatable bonds is 0. The number of aliphatic imine (C=N–C) groups is 1. The van der Waals surface area contributed by atoms with E-state index in [4.69, 9.17) is 0 Å². The molecule has 0 aromatic carbocycles. The quantitative estimate of drug-likeness (QED) is 0.469. The second kappa shape index (κ2) is 1.98. The van der Waals surface area contributed by atoms with E-state index in [2.05, 4.69) is 25.8 Å². The molecular formula is C8H13N. The van der Waals surface area contributed by atoms with Gasteiger partial charge in [0.05, 0.1) is 0 Å². The first kappa shape index (κ1) is 6.53. The van der Waals surface area contributed by atoms with Crippen molar-refractivity contribution in [3.8, 4) is 0 Å². The Morgan fingerprint density at radius 1 is 1.44 bits per heavy atom. The molecule has 1 rings (SSSR count). The van der Waals surface area contributed by atoms with Gasteiger partial charge in [-0.2, -0.15) is 0 Å². The van der Waals surface area contributed by atoms with Gasteiger partial charge in [-0.05, 0) is 11.0 Å². The summed E-state index contributed by atoms with van der Waals surface area (Å²) < 4.78 is 0. The van der Waals surface area contributed by atoms with Gasteiger partial charge < -0.3 is 0 Å². The average molecular weight is 123 g/mol. The second-order valence-electron chi connectivity index (χ2n) is 3.44. The molecule has 1 aliphatic rings. The molecule has 0 saturated carbocycles. The molecule has 1 heterocycles. The minimum Gasteiger partial charge on any atom is -0.269 e. The molecule has 50 valence electrons. The third kappa shape index (κ3) is 1.41. The first-order valence-electron chi connectivity index (χ1n) is 3.32. The fourth-order valence-corrected chi connectivity index (χ4v) is 0.846. The van der Waals surface area contributed by atoms with E-state index >= 15 is 0 Å². The summed E-state index contributed by atoms with van der Waals surface area (Å²) in [5, 5.41) is 0. The summed E-state index contributed by atoms with van der Waals surface area (Å²) in [6, 6.07) is 0. The van der Waals surface area contributed by atoms with Crippen LogP contribution in [0.25, 0.3) is 0 Å². The zero-order chi connectivity index (χ0) is 6.91. The molecule has 0 bridgehead atoms. The third-order valence-electron chi connectivity index (χ3n) is 1.61. The van der Waals surface area contributed by atoms with Gasteiger partial charge in [0.25, 0.3) is 0 Å². The standard InChI is InChI=1S/C8H13N/c1-8(2,3)7-4-5-9-6-7/h5-6H,4H2,1-3H3. The lowest BCUT2D eigenvalue weighted by Gasteiger charge is -2.18. The Bertz CT molecular complexity index is 158. The van der Waals surface area contributed by atoms with E-state index in [1.165, 1.54) is 5.57 Å². The lowest BCUT2D eigenvalue weighted by atomic mass is 9.86. The van der Waals surface area contributed by atoms with Crippen LogP contribution in [0.2, 0.25) is 0 Å². The first-order valence-corrected chi connectivity index (χ1v) is 3.32. The van der Waals surface area contributed by atoms with Gasteiger partial charge in [-0.3, -0.25) is 4.99 Å². The van der Waals surface area contributed by atoms with Gasteiger partial charge in [-0.25, -0.2) is 0 Å². The van der Waals surface area contributed by atoms with E-state index < -0.39 is 0 Å². The highest BCUT2D eigenvalue weighted by molar-refractivity contribution is 5.65. The molecule has 0 unspecified atom stereocenters. The molecule has 0 aliphatic carbocycles. The summed E-state index contributed by atoms with van der Waals surface area (Å²) >= 11 is 0. The maximum atomic E-state index is 4.04. The normalized spacial score (nSPS) is 18.3. The Morgan fingerprint density at radius 3 is 2.33 bits per heavy atom. The Kier molecular flexibility index (Phi) is 1.43. The van der Waals surface area contributed by atoms with Crippen molar-refractivity contribution >= 4 is 6.21 Å². The molecule has 1 heteroatoms. The lowest BCUT2D eigenvalue weighted by Crippen LogP contribution is -2.07. The van der Waals surface area contributed by atoms with Crippen molar-refractivity contribution in [2.45, 2.75) is 27.2 Å². The molecule has 1 nitrogen and oxygen atoms in total. The van der Waals surface area contributed by atoms with Crippen LogP contribution in [0.1, 0.15) is 27.2 Å². The molecule has 0 amide bonds. The van der Waals surface area contributed by atoms with Crippen molar-refractivity contribution in [1.82, 2.24) is 0 Å². The zero-order valence-electron chi connectivity index (χ0n) is 6.31. The molecule has 0 saturated heterocycles. The highest BCUT2D eigenvalue weighted by Crippen LogP contribution is 2.28. The zero-order valence-corrected chi connectivity index (χ0v) is 6.31. The minimum atomic E-state index is 0.316. The van der Waals surface area contributed by atoms with Crippen LogP contribution in [0.5, 0.6) is 0 Å². The Morgan fingerprint density at radius 2 is 2.11 bits per heavy atom.